The third-order valence-corrected chi connectivity index (χ3v) is 5.33. The van der Waals surface area contributed by atoms with E-state index in [0.29, 0.717) is 17.0 Å². The van der Waals surface area contributed by atoms with Crippen molar-refractivity contribution in [2.75, 3.05) is 23.5 Å². The minimum atomic E-state index is -2.91. The minimum absolute atomic E-state index is 0.0264. The predicted molar refractivity (Wildman–Crippen MR) is 72.8 cm³/mol. The molecule has 0 spiro atoms. The molecule has 1 atom stereocenters. The van der Waals surface area contributed by atoms with Crippen molar-refractivity contribution in [2.24, 2.45) is 0 Å². The van der Waals surface area contributed by atoms with Gasteiger partial charge in [-0.2, -0.15) is 0 Å². The normalized spacial score (nSPS) is 22.1. The molecule has 100 valence electrons. The van der Waals surface area contributed by atoms with Gasteiger partial charge in [-0.3, -0.25) is 0 Å². The van der Waals surface area contributed by atoms with Gasteiger partial charge < -0.3 is 10.0 Å². The zero-order valence-corrected chi connectivity index (χ0v) is 11.7. The van der Waals surface area contributed by atoms with E-state index in [-0.39, 0.29) is 24.2 Å². The third-order valence-electron chi connectivity index (χ3n) is 3.35. The molecule has 0 aliphatic carbocycles. The van der Waals surface area contributed by atoms with Gasteiger partial charge >= 0.3 is 0 Å². The van der Waals surface area contributed by atoms with E-state index in [9.17, 15) is 13.5 Å². The molecule has 1 aliphatic rings. The lowest BCUT2D eigenvalue weighted by molar-refractivity contribution is 0.282. The van der Waals surface area contributed by atoms with Crippen molar-refractivity contribution in [3.63, 3.8) is 0 Å². The molecule has 1 aliphatic heterocycles. The number of aliphatic hydroxyl groups excluding tert-OH is 1. The van der Waals surface area contributed by atoms with E-state index in [1.165, 1.54) is 0 Å². The number of halogens is 1. The lowest BCUT2D eigenvalue weighted by Crippen LogP contribution is -2.33. The summed E-state index contributed by atoms with van der Waals surface area (Å²) in [7, 11) is -1.05. The number of benzene rings is 1. The van der Waals surface area contributed by atoms with E-state index < -0.39 is 9.84 Å². The van der Waals surface area contributed by atoms with Gasteiger partial charge in [0.1, 0.15) is 0 Å². The summed E-state index contributed by atoms with van der Waals surface area (Å²) in [4.78, 5) is 1.92. The molecule has 6 heteroatoms. The summed E-state index contributed by atoms with van der Waals surface area (Å²) in [6, 6.07) is 5.24. The first kappa shape index (κ1) is 13.6. The van der Waals surface area contributed by atoms with Crippen LogP contribution in [0.25, 0.3) is 0 Å². The van der Waals surface area contributed by atoms with Crippen LogP contribution in [-0.2, 0) is 16.4 Å². The van der Waals surface area contributed by atoms with Crippen molar-refractivity contribution in [2.45, 2.75) is 19.1 Å². The van der Waals surface area contributed by atoms with Crippen LogP contribution >= 0.6 is 11.6 Å². The highest BCUT2D eigenvalue weighted by Crippen LogP contribution is 2.28. The Morgan fingerprint density at radius 2 is 2.22 bits per heavy atom. The second-order valence-electron chi connectivity index (χ2n) is 4.60. The Bertz CT molecular complexity index is 544. The molecule has 0 amide bonds. The molecule has 1 saturated heterocycles. The van der Waals surface area contributed by atoms with Gasteiger partial charge in [-0.15, -0.1) is 0 Å². The predicted octanol–water partition coefficient (Wildman–Crippen LogP) is 1.46. The van der Waals surface area contributed by atoms with Gasteiger partial charge in [-0.1, -0.05) is 11.6 Å². The van der Waals surface area contributed by atoms with Crippen molar-refractivity contribution in [3.8, 4) is 0 Å². The summed E-state index contributed by atoms with van der Waals surface area (Å²) in [6.07, 6.45) is 0.631. The van der Waals surface area contributed by atoms with Crippen LogP contribution in [0, 0.1) is 0 Å². The summed E-state index contributed by atoms with van der Waals surface area (Å²) in [6.45, 7) is -0.111. The highest BCUT2D eigenvalue weighted by Gasteiger charge is 2.31. The number of rotatable bonds is 3. The Kier molecular flexibility index (Phi) is 3.84. The zero-order chi connectivity index (χ0) is 13.3. The average Bonchev–Trinajstić information content (AvgIpc) is 2.68. The molecular formula is C12H16ClNO3S. The first-order valence-corrected chi connectivity index (χ1v) is 7.95. The smallest absolute Gasteiger partial charge is 0.152 e. The molecule has 2 rings (SSSR count). The standard InChI is InChI=1S/C12H16ClNO3S/c1-14(11-4-5-18(16,17)8-11)12-3-2-10(13)6-9(12)7-15/h2-3,6,11,15H,4-5,7-8H2,1H3. The van der Waals surface area contributed by atoms with Gasteiger partial charge in [0, 0.05) is 29.4 Å². The van der Waals surface area contributed by atoms with Gasteiger partial charge in [0.05, 0.1) is 18.1 Å². The molecule has 1 N–H and O–H groups in total. The molecule has 1 aromatic carbocycles. The van der Waals surface area contributed by atoms with Crippen molar-refractivity contribution in [3.05, 3.63) is 28.8 Å². The largest absolute Gasteiger partial charge is 0.392 e. The molecule has 18 heavy (non-hydrogen) atoms. The molecule has 0 radical (unpaired) electrons. The van der Waals surface area contributed by atoms with Gasteiger partial charge in [-0.25, -0.2) is 8.42 Å². The van der Waals surface area contributed by atoms with E-state index in [1.807, 2.05) is 18.0 Å². The van der Waals surface area contributed by atoms with Crippen LogP contribution < -0.4 is 4.90 Å². The maximum atomic E-state index is 11.5. The molecule has 0 aromatic heterocycles. The Labute approximate surface area is 112 Å². The first-order chi connectivity index (χ1) is 8.43. The van der Waals surface area contributed by atoms with E-state index in [4.69, 9.17) is 11.6 Å². The van der Waals surface area contributed by atoms with Crippen LogP contribution in [0.2, 0.25) is 5.02 Å². The van der Waals surface area contributed by atoms with E-state index in [1.54, 1.807) is 12.1 Å². The fraction of sp³-hybridized carbons (Fsp3) is 0.500. The summed E-state index contributed by atoms with van der Waals surface area (Å²) >= 11 is 5.88. The van der Waals surface area contributed by atoms with Crippen molar-refractivity contribution in [1.29, 1.82) is 0 Å². The highest BCUT2D eigenvalue weighted by atomic mass is 35.5. The van der Waals surface area contributed by atoms with Gasteiger partial charge in [0.25, 0.3) is 0 Å². The molecule has 0 bridgehead atoms. The fourth-order valence-electron chi connectivity index (χ4n) is 2.30. The van der Waals surface area contributed by atoms with Crippen molar-refractivity contribution in [1.82, 2.24) is 0 Å². The Morgan fingerprint density at radius 3 is 2.78 bits per heavy atom. The summed E-state index contributed by atoms with van der Waals surface area (Å²) in [5.74, 6) is 0.418. The second kappa shape index (κ2) is 5.07. The number of hydrogen-bond donors (Lipinski definition) is 1. The third kappa shape index (κ3) is 2.79. The summed E-state index contributed by atoms with van der Waals surface area (Å²) in [5, 5.41) is 9.90. The highest BCUT2D eigenvalue weighted by molar-refractivity contribution is 7.91. The van der Waals surface area contributed by atoms with Gasteiger partial charge in [0.2, 0.25) is 0 Å². The molecule has 1 heterocycles. The molecule has 0 saturated carbocycles. The Hall–Kier alpha value is -0.780. The Morgan fingerprint density at radius 1 is 1.50 bits per heavy atom. The maximum absolute atomic E-state index is 11.5. The monoisotopic (exact) mass is 289 g/mol. The van der Waals surface area contributed by atoms with Crippen LogP contribution in [0.15, 0.2) is 18.2 Å². The van der Waals surface area contributed by atoms with Crippen LogP contribution in [0.1, 0.15) is 12.0 Å². The SMILES string of the molecule is CN(c1ccc(Cl)cc1CO)C1CCS(=O)(=O)C1. The molecule has 1 aromatic rings. The van der Waals surface area contributed by atoms with Crippen LogP contribution in [0.3, 0.4) is 0 Å². The van der Waals surface area contributed by atoms with Gasteiger partial charge in [0.15, 0.2) is 9.84 Å². The topological polar surface area (TPSA) is 57.6 Å². The van der Waals surface area contributed by atoms with Crippen LogP contribution in [0.5, 0.6) is 0 Å². The number of sulfone groups is 1. The molecular weight excluding hydrogens is 274 g/mol. The van der Waals surface area contributed by atoms with Crippen LogP contribution in [0.4, 0.5) is 5.69 Å². The molecule has 1 unspecified atom stereocenters. The Balaban J connectivity index is 2.26. The molecule has 4 nitrogen and oxygen atoms in total. The second-order valence-corrected chi connectivity index (χ2v) is 7.26. The number of nitrogens with zero attached hydrogens (tertiary/aromatic N) is 1. The summed E-state index contributed by atoms with van der Waals surface area (Å²) in [5.41, 5.74) is 1.55. The summed E-state index contributed by atoms with van der Waals surface area (Å²) < 4.78 is 23.0. The lowest BCUT2D eigenvalue weighted by Gasteiger charge is -2.27. The number of anilines is 1. The van der Waals surface area contributed by atoms with Crippen LogP contribution in [-0.4, -0.2) is 38.1 Å². The van der Waals surface area contributed by atoms with E-state index >= 15 is 0 Å². The number of aliphatic hydroxyl groups is 1. The number of hydrogen-bond acceptors (Lipinski definition) is 4. The van der Waals surface area contributed by atoms with Crippen molar-refractivity contribution >= 4 is 27.1 Å². The quantitative estimate of drug-likeness (QED) is 0.915. The van der Waals surface area contributed by atoms with Crippen molar-refractivity contribution < 1.29 is 13.5 Å². The first-order valence-electron chi connectivity index (χ1n) is 5.75. The minimum Gasteiger partial charge on any atom is -0.392 e. The maximum Gasteiger partial charge on any atom is 0.152 e. The lowest BCUT2D eigenvalue weighted by atomic mass is 10.1. The average molecular weight is 290 g/mol. The molecule has 1 fully saturated rings. The van der Waals surface area contributed by atoms with E-state index in [2.05, 4.69) is 0 Å². The van der Waals surface area contributed by atoms with E-state index in [0.717, 1.165) is 5.69 Å². The zero-order valence-electron chi connectivity index (χ0n) is 10.1. The van der Waals surface area contributed by atoms with Gasteiger partial charge in [-0.05, 0) is 24.6 Å². The fourth-order valence-corrected chi connectivity index (χ4v) is 4.27.